The first-order valence-corrected chi connectivity index (χ1v) is 6.13. The van der Waals surface area contributed by atoms with Gasteiger partial charge in [0, 0.05) is 0 Å². The average molecular weight is 273 g/mol. The molecule has 3 atom stereocenters. The molecular weight excluding hydrogens is 257 g/mol. The Labute approximate surface area is 97.3 Å². The molecule has 102 valence electrons. The van der Waals surface area contributed by atoms with E-state index in [0.717, 1.165) is 0 Å². The maximum absolute atomic E-state index is 11.2. The van der Waals surface area contributed by atoms with Gasteiger partial charge in [0.1, 0.15) is 18.8 Å². The first-order valence-electron chi connectivity index (χ1n) is 4.60. The van der Waals surface area contributed by atoms with Crippen LogP contribution >= 0.6 is 7.82 Å². The summed E-state index contributed by atoms with van der Waals surface area (Å²) in [5, 5.41) is 30.0. The molecule has 0 rings (SSSR count). The lowest BCUT2D eigenvalue weighted by Gasteiger charge is -2.24. The van der Waals surface area contributed by atoms with Crippen LogP contribution in [0, 0.1) is 0 Å². The fraction of sp³-hybridized carbons (Fsp3) is 0.857. The molecule has 9 nitrogen and oxygen atoms in total. The topological polar surface area (TPSA) is 157 Å². The zero-order valence-electron chi connectivity index (χ0n) is 9.05. The van der Waals surface area contributed by atoms with Crippen LogP contribution in [0.1, 0.15) is 0 Å². The fourth-order valence-electron chi connectivity index (χ4n) is 1.01. The summed E-state index contributed by atoms with van der Waals surface area (Å²) in [6.45, 7) is -1.56. The molecule has 0 aliphatic rings. The van der Waals surface area contributed by atoms with Crippen LogP contribution in [0.2, 0.25) is 0 Å². The summed E-state index contributed by atoms with van der Waals surface area (Å²) in [6, 6.07) is -0.941. The molecule has 0 unspecified atom stereocenters. The molecule has 17 heavy (non-hydrogen) atoms. The first kappa shape index (κ1) is 16.6. The third-order valence-corrected chi connectivity index (χ3v) is 2.47. The van der Waals surface area contributed by atoms with Gasteiger partial charge in [-0.2, -0.15) is 0 Å². The normalized spacial score (nSPS) is 17.5. The molecule has 6 N–H and O–H groups in total. The van der Waals surface area contributed by atoms with Crippen LogP contribution in [-0.2, 0) is 13.9 Å². The molecule has 0 bridgehead atoms. The molecule has 0 aromatic heterocycles. The van der Waals surface area contributed by atoms with Gasteiger partial charge in [0.05, 0.1) is 12.6 Å². The van der Waals surface area contributed by atoms with Gasteiger partial charge in [-0.3, -0.25) is 9.32 Å². The van der Waals surface area contributed by atoms with Crippen LogP contribution < -0.4 is 5.32 Å². The van der Waals surface area contributed by atoms with Crippen molar-refractivity contribution in [1.82, 2.24) is 5.32 Å². The number of phosphoric acid groups is 1. The van der Waals surface area contributed by atoms with Gasteiger partial charge in [0.15, 0.2) is 5.78 Å². The Morgan fingerprint density at radius 1 is 1.41 bits per heavy atom. The molecule has 0 aromatic carbocycles. The number of hydrogen-bond donors (Lipinski definition) is 6. The molecule has 0 aliphatic carbocycles. The highest BCUT2D eigenvalue weighted by Gasteiger charge is 2.31. The minimum Gasteiger partial charge on any atom is -0.395 e. The molecule has 0 saturated carbocycles. The lowest BCUT2D eigenvalue weighted by molar-refractivity contribution is -0.137. The molecule has 0 radical (unpaired) electrons. The molecular formula is C7H16NO8P. The number of rotatable bonds is 8. The van der Waals surface area contributed by atoms with Crippen molar-refractivity contribution in [3.05, 3.63) is 0 Å². The second-order valence-corrected chi connectivity index (χ2v) is 4.48. The summed E-state index contributed by atoms with van der Waals surface area (Å²) in [5.74, 6) is -1.10. The van der Waals surface area contributed by atoms with E-state index in [4.69, 9.17) is 14.9 Å². The zero-order valence-corrected chi connectivity index (χ0v) is 9.95. The molecule has 0 aliphatic heterocycles. The van der Waals surface area contributed by atoms with Crippen LogP contribution in [0.15, 0.2) is 0 Å². The molecule has 0 fully saturated rings. The van der Waals surface area contributed by atoms with Gasteiger partial charge in [-0.05, 0) is 7.05 Å². The van der Waals surface area contributed by atoms with E-state index >= 15 is 0 Å². The highest BCUT2D eigenvalue weighted by molar-refractivity contribution is 7.46. The number of nitrogens with one attached hydrogen (secondary N) is 1. The van der Waals surface area contributed by atoms with Gasteiger partial charge in [-0.25, -0.2) is 4.57 Å². The molecule has 0 saturated heterocycles. The van der Waals surface area contributed by atoms with E-state index < -0.39 is 45.1 Å². The Balaban J connectivity index is 4.34. The van der Waals surface area contributed by atoms with E-state index in [9.17, 15) is 19.6 Å². The summed E-state index contributed by atoms with van der Waals surface area (Å²) in [6.07, 6.45) is -3.52. The van der Waals surface area contributed by atoms with Gasteiger partial charge in [0.25, 0.3) is 0 Å². The summed E-state index contributed by atoms with van der Waals surface area (Å²) in [4.78, 5) is 27.8. The number of aliphatic hydroxyl groups excluding tert-OH is 3. The van der Waals surface area contributed by atoms with Crippen molar-refractivity contribution in [3.8, 4) is 0 Å². The van der Waals surface area contributed by atoms with Crippen molar-refractivity contribution < 1.29 is 39.0 Å². The van der Waals surface area contributed by atoms with E-state index in [2.05, 4.69) is 9.84 Å². The smallest absolute Gasteiger partial charge is 0.395 e. The van der Waals surface area contributed by atoms with Gasteiger partial charge < -0.3 is 30.4 Å². The maximum atomic E-state index is 11.2. The number of carbonyl (C=O) groups excluding carboxylic acids is 1. The monoisotopic (exact) mass is 273 g/mol. The van der Waals surface area contributed by atoms with Gasteiger partial charge in [-0.15, -0.1) is 0 Å². The first-order chi connectivity index (χ1) is 7.72. The Morgan fingerprint density at radius 3 is 2.29 bits per heavy atom. The molecule has 0 amide bonds. The van der Waals surface area contributed by atoms with Crippen LogP contribution in [0.3, 0.4) is 0 Å². The Morgan fingerprint density at radius 2 is 1.94 bits per heavy atom. The van der Waals surface area contributed by atoms with E-state index in [1.165, 1.54) is 7.05 Å². The molecule has 0 heterocycles. The van der Waals surface area contributed by atoms with Crippen LogP contribution in [0.4, 0.5) is 0 Å². The second-order valence-electron chi connectivity index (χ2n) is 3.24. The minimum absolute atomic E-state index is 0.526. The number of aliphatic hydroxyl groups is 3. The van der Waals surface area contributed by atoms with E-state index in [1.54, 1.807) is 0 Å². The quantitative estimate of drug-likeness (QED) is 0.253. The number of ketones is 1. The van der Waals surface area contributed by atoms with Crippen molar-refractivity contribution >= 4 is 13.6 Å². The summed E-state index contributed by atoms with van der Waals surface area (Å²) < 4.78 is 14.2. The van der Waals surface area contributed by atoms with Crippen molar-refractivity contribution in [3.63, 3.8) is 0 Å². The highest BCUT2D eigenvalue weighted by Crippen LogP contribution is 2.35. The van der Waals surface area contributed by atoms with Crippen molar-refractivity contribution in [2.24, 2.45) is 0 Å². The van der Waals surface area contributed by atoms with Crippen molar-refractivity contribution in [1.29, 1.82) is 0 Å². The van der Waals surface area contributed by atoms with Crippen molar-refractivity contribution in [2.75, 3.05) is 20.3 Å². The largest absolute Gasteiger partial charge is 0.470 e. The van der Waals surface area contributed by atoms with E-state index in [0.29, 0.717) is 0 Å². The second kappa shape index (κ2) is 7.14. The number of likely N-dealkylation sites (N-methyl/N-ethyl adjacent to an activating group) is 1. The van der Waals surface area contributed by atoms with Crippen LogP contribution in [-0.4, -0.2) is 69.4 Å². The molecule has 0 spiro atoms. The van der Waals surface area contributed by atoms with Crippen molar-refractivity contribution in [2.45, 2.75) is 18.2 Å². The zero-order chi connectivity index (χ0) is 13.6. The Bertz CT molecular complexity index is 288. The Hall–Kier alpha value is -0.380. The summed E-state index contributed by atoms with van der Waals surface area (Å²) >= 11 is 0. The third kappa shape index (κ3) is 6.20. The average Bonchev–Trinajstić information content (AvgIpc) is 2.25. The molecule has 10 heteroatoms. The SMILES string of the molecule is CN[C@@H](CO)[C@@H](O)[C@H](O)C(=O)COP(=O)(O)O. The number of carbonyl (C=O) groups is 1. The van der Waals surface area contributed by atoms with Gasteiger partial charge in [-0.1, -0.05) is 0 Å². The standard InChI is InChI=1S/C7H16NO8P/c1-8-4(2-9)6(11)7(12)5(10)3-16-17(13,14)15/h4,6-9,11-12H,2-3H2,1H3,(H2,13,14,15)/t4-,6+,7+/m0/s1. The predicted octanol–water partition coefficient (Wildman–Crippen LogP) is -3.03. The predicted molar refractivity (Wildman–Crippen MR) is 55.0 cm³/mol. The van der Waals surface area contributed by atoms with Gasteiger partial charge >= 0.3 is 7.82 Å². The minimum atomic E-state index is -4.81. The van der Waals surface area contributed by atoms with Crippen LogP contribution in [0.25, 0.3) is 0 Å². The van der Waals surface area contributed by atoms with E-state index in [1.807, 2.05) is 0 Å². The summed E-state index contributed by atoms with van der Waals surface area (Å²) in [5.41, 5.74) is 0. The summed E-state index contributed by atoms with van der Waals surface area (Å²) in [7, 11) is -3.41. The fourth-order valence-corrected chi connectivity index (χ4v) is 1.31. The molecule has 0 aromatic rings. The maximum Gasteiger partial charge on any atom is 0.470 e. The highest BCUT2D eigenvalue weighted by atomic mass is 31.2. The Kier molecular flexibility index (Phi) is 6.98. The lowest BCUT2D eigenvalue weighted by atomic mass is 10.0. The number of Topliss-reactive ketones (excluding diaryl/α,β-unsaturated/α-hetero) is 1. The number of phosphoric ester groups is 1. The lowest BCUT2D eigenvalue weighted by Crippen LogP contribution is -2.50. The van der Waals surface area contributed by atoms with Crippen LogP contribution in [0.5, 0.6) is 0 Å². The van der Waals surface area contributed by atoms with Gasteiger partial charge in [0.2, 0.25) is 0 Å². The van der Waals surface area contributed by atoms with E-state index in [-0.39, 0.29) is 0 Å². The third-order valence-electron chi connectivity index (χ3n) is 2.01. The number of hydrogen-bond acceptors (Lipinski definition) is 7.